The number of hydrogen-bond donors (Lipinski definition) is 1. The SMILES string of the molecule is COc1ccc(N2CC(C(=O)NC(C)CN3CC(C)CC(C)C3)CC2=O)cc1OC. The van der Waals surface area contributed by atoms with Crippen molar-refractivity contribution in [2.75, 3.05) is 45.3 Å². The molecule has 2 fully saturated rings. The second kappa shape index (κ2) is 9.69. The van der Waals surface area contributed by atoms with Gasteiger partial charge in [0.1, 0.15) is 0 Å². The minimum atomic E-state index is -0.341. The molecule has 4 unspecified atom stereocenters. The first-order valence-electron chi connectivity index (χ1n) is 10.9. The molecule has 7 nitrogen and oxygen atoms in total. The zero-order valence-corrected chi connectivity index (χ0v) is 18.8. The molecule has 30 heavy (non-hydrogen) atoms. The average Bonchev–Trinajstić information content (AvgIpc) is 3.08. The van der Waals surface area contributed by atoms with Crippen LogP contribution in [-0.4, -0.2) is 63.2 Å². The van der Waals surface area contributed by atoms with Gasteiger partial charge in [-0.1, -0.05) is 13.8 Å². The second-order valence-electron chi connectivity index (χ2n) is 9.02. The fourth-order valence-corrected chi connectivity index (χ4v) is 4.86. The van der Waals surface area contributed by atoms with Crippen LogP contribution in [0.25, 0.3) is 0 Å². The molecule has 2 aliphatic rings. The molecule has 1 aromatic rings. The van der Waals surface area contributed by atoms with E-state index in [9.17, 15) is 9.59 Å². The fraction of sp³-hybridized carbons (Fsp3) is 0.652. The highest BCUT2D eigenvalue weighted by molar-refractivity contribution is 6.00. The monoisotopic (exact) mass is 417 g/mol. The number of nitrogens with one attached hydrogen (secondary N) is 1. The second-order valence-corrected chi connectivity index (χ2v) is 9.02. The lowest BCUT2D eigenvalue weighted by Gasteiger charge is -2.36. The number of amides is 2. The number of methoxy groups -OCH3 is 2. The van der Waals surface area contributed by atoms with Crippen LogP contribution in [0.2, 0.25) is 0 Å². The lowest BCUT2D eigenvalue weighted by molar-refractivity contribution is -0.127. The molecule has 2 heterocycles. The van der Waals surface area contributed by atoms with Crippen molar-refractivity contribution in [2.45, 2.75) is 39.7 Å². The van der Waals surface area contributed by atoms with Gasteiger partial charge in [-0.25, -0.2) is 0 Å². The molecule has 0 aromatic heterocycles. The van der Waals surface area contributed by atoms with Crippen LogP contribution in [0.4, 0.5) is 5.69 Å². The van der Waals surface area contributed by atoms with E-state index in [1.165, 1.54) is 6.42 Å². The number of likely N-dealkylation sites (tertiary alicyclic amines) is 1. The molecular formula is C23H35N3O4. The van der Waals surface area contributed by atoms with Gasteiger partial charge in [-0.3, -0.25) is 9.59 Å². The summed E-state index contributed by atoms with van der Waals surface area (Å²) in [6.07, 6.45) is 1.50. The molecule has 0 radical (unpaired) electrons. The predicted octanol–water partition coefficient (Wildman–Crippen LogP) is 2.54. The van der Waals surface area contributed by atoms with Crippen LogP contribution in [0.15, 0.2) is 18.2 Å². The lowest BCUT2D eigenvalue weighted by Crippen LogP contribution is -2.48. The van der Waals surface area contributed by atoms with Crippen molar-refractivity contribution < 1.29 is 19.1 Å². The van der Waals surface area contributed by atoms with Crippen LogP contribution in [-0.2, 0) is 9.59 Å². The Morgan fingerprint density at radius 2 is 1.80 bits per heavy atom. The maximum absolute atomic E-state index is 12.8. The Hall–Kier alpha value is -2.28. The van der Waals surface area contributed by atoms with Gasteiger partial charge in [-0.2, -0.15) is 0 Å². The molecule has 1 N–H and O–H groups in total. The van der Waals surface area contributed by atoms with Crippen molar-refractivity contribution >= 4 is 17.5 Å². The van der Waals surface area contributed by atoms with E-state index in [2.05, 4.69) is 24.1 Å². The Kier molecular flexibility index (Phi) is 7.23. The molecule has 2 amide bonds. The summed E-state index contributed by atoms with van der Waals surface area (Å²) in [6, 6.07) is 5.43. The van der Waals surface area contributed by atoms with E-state index >= 15 is 0 Å². The summed E-state index contributed by atoms with van der Waals surface area (Å²) in [5.41, 5.74) is 0.720. The Bertz CT molecular complexity index is 759. The molecule has 1 aromatic carbocycles. The highest BCUT2D eigenvalue weighted by Gasteiger charge is 2.36. The summed E-state index contributed by atoms with van der Waals surface area (Å²) < 4.78 is 10.6. The van der Waals surface area contributed by atoms with Crippen molar-refractivity contribution in [2.24, 2.45) is 17.8 Å². The van der Waals surface area contributed by atoms with Gasteiger partial charge in [-0.15, -0.1) is 0 Å². The largest absolute Gasteiger partial charge is 0.493 e. The molecule has 166 valence electrons. The third-order valence-corrected chi connectivity index (χ3v) is 6.04. The smallest absolute Gasteiger partial charge is 0.227 e. The molecule has 0 spiro atoms. The van der Waals surface area contributed by atoms with Crippen molar-refractivity contribution in [1.29, 1.82) is 0 Å². The Morgan fingerprint density at radius 3 is 2.43 bits per heavy atom. The molecule has 3 rings (SSSR count). The number of nitrogens with zero attached hydrogens (tertiary/aromatic N) is 2. The van der Waals surface area contributed by atoms with Crippen LogP contribution in [0.5, 0.6) is 11.5 Å². The minimum absolute atomic E-state index is 0.0445. The van der Waals surface area contributed by atoms with Crippen molar-refractivity contribution in [1.82, 2.24) is 10.2 Å². The van der Waals surface area contributed by atoms with Gasteiger partial charge in [0, 0.05) is 50.4 Å². The first-order chi connectivity index (χ1) is 14.3. The molecule has 0 saturated carbocycles. The third kappa shape index (κ3) is 5.25. The number of carbonyl (C=O) groups is 2. The quantitative estimate of drug-likeness (QED) is 0.738. The van der Waals surface area contributed by atoms with Crippen LogP contribution in [0, 0.1) is 17.8 Å². The molecule has 2 saturated heterocycles. The fourth-order valence-electron chi connectivity index (χ4n) is 4.86. The number of piperidine rings is 1. The lowest BCUT2D eigenvalue weighted by atomic mass is 9.91. The number of rotatable bonds is 7. The molecule has 0 aliphatic carbocycles. The van der Waals surface area contributed by atoms with E-state index in [1.54, 1.807) is 31.3 Å². The van der Waals surface area contributed by atoms with Gasteiger partial charge in [0.15, 0.2) is 11.5 Å². The number of ether oxygens (including phenoxy) is 2. The van der Waals surface area contributed by atoms with Crippen LogP contribution in [0.1, 0.15) is 33.6 Å². The summed E-state index contributed by atoms with van der Waals surface area (Å²) in [4.78, 5) is 29.5. The van der Waals surface area contributed by atoms with Gasteiger partial charge in [-0.05, 0) is 37.3 Å². The summed E-state index contributed by atoms with van der Waals surface area (Å²) in [6.45, 7) is 10.0. The highest BCUT2D eigenvalue weighted by Crippen LogP contribution is 2.34. The number of carbonyl (C=O) groups excluding carboxylic acids is 2. The standard InChI is InChI=1S/C23H35N3O4/c1-15-8-16(2)12-25(11-15)13-17(3)24-23(28)18-9-22(27)26(14-18)19-6-7-20(29-4)21(10-19)30-5/h6-7,10,15-18H,8-9,11-14H2,1-5H3,(H,24,28). The number of hydrogen-bond acceptors (Lipinski definition) is 5. The van der Waals surface area contributed by atoms with Gasteiger partial charge >= 0.3 is 0 Å². The van der Waals surface area contributed by atoms with Crippen molar-refractivity contribution in [3.8, 4) is 11.5 Å². The number of benzene rings is 1. The van der Waals surface area contributed by atoms with Gasteiger partial charge in [0.2, 0.25) is 11.8 Å². The summed E-state index contributed by atoms with van der Waals surface area (Å²) in [7, 11) is 3.14. The van der Waals surface area contributed by atoms with E-state index < -0.39 is 0 Å². The summed E-state index contributed by atoms with van der Waals surface area (Å²) >= 11 is 0. The van der Waals surface area contributed by atoms with Crippen molar-refractivity contribution in [3.05, 3.63) is 18.2 Å². The van der Waals surface area contributed by atoms with E-state index in [0.717, 1.165) is 25.3 Å². The Morgan fingerprint density at radius 1 is 1.13 bits per heavy atom. The van der Waals surface area contributed by atoms with Gasteiger partial charge in [0.25, 0.3) is 0 Å². The molecule has 0 bridgehead atoms. The van der Waals surface area contributed by atoms with E-state index in [-0.39, 0.29) is 30.2 Å². The van der Waals surface area contributed by atoms with Crippen LogP contribution >= 0.6 is 0 Å². The predicted molar refractivity (Wildman–Crippen MR) is 117 cm³/mol. The van der Waals surface area contributed by atoms with E-state index in [0.29, 0.717) is 29.9 Å². The van der Waals surface area contributed by atoms with E-state index in [4.69, 9.17) is 9.47 Å². The zero-order chi connectivity index (χ0) is 21.8. The average molecular weight is 418 g/mol. The summed E-state index contributed by atoms with van der Waals surface area (Å²) in [5.74, 6) is 2.13. The topological polar surface area (TPSA) is 71.1 Å². The minimum Gasteiger partial charge on any atom is -0.493 e. The van der Waals surface area contributed by atoms with Crippen LogP contribution < -0.4 is 19.7 Å². The van der Waals surface area contributed by atoms with Gasteiger partial charge in [0.05, 0.1) is 20.1 Å². The Labute approximate surface area is 179 Å². The van der Waals surface area contributed by atoms with E-state index in [1.807, 2.05) is 13.0 Å². The normalized spacial score (nSPS) is 25.8. The van der Waals surface area contributed by atoms with Crippen LogP contribution in [0.3, 0.4) is 0 Å². The number of anilines is 1. The Balaban J connectivity index is 1.57. The first kappa shape index (κ1) is 22.4. The first-order valence-corrected chi connectivity index (χ1v) is 10.9. The molecular weight excluding hydrogens is 382 g/mol. The zero-order valence-electron chi connectivity index (χ0n) is 18.8. The maximum Gasteiger partial charge on any atom is 0.227 e. The third-order valence-electron chi connectivity index (χ3n) is 6.04. The summed E-state index contributed by atoms with van der Waals surface area (Å²) in [5, 5.41) is 3.13. The molecule has 2 aliphatic heterocycles. The molecule has 4 atom stereocenters. The molecule has 7 heteroatoms. The highest BCUT2D eigenvalue weighted by atomic mass is 16.5. The van der Waals surface area contributed by atoms with Crippen molar-refractivity contribution in [3.63, 3.8) is 0 Å². The maximum atomic E-state index is 12.8. The van der Waals surface area contributed by atoms with Gasteiger partial charge < -0.3 is 24.6 Å².